The van der Waals surface area contributed by atoms with Gasteiger partial charge in [0.15, 0.2) is 0 Å². The number of aliphatic carboxylic acids is 1. The van der Waals surface area contributed by atoms with Gasteiger partial charge in [0, 0.05) is 0 Å². The van der Waals surface area contributed by atoms with Gasteiger partial charge < -0.3 is 15.2 Å². The minimum atomic E-state index is -0.953. The van der Waals surface area contributed by atoms with Crippen molar-refractivity contribution in [3.63, 3.8) is 0 Å². The van der Waals surface area contributed by atoms with E-state index in [2.05, 4.69) is 10.1 Å². The Morgan fingerprint density at radius 3 is 2.24 bits per heavy atom. The van der Waals surface area contributed by atoms with Crippen LogP contribution in [0.4, 0.5) is 0 Å². The maximum atomic E-state index is 12.5. The van der Waals surface area contributed by atoms with Gasteiger partial charge in [0.05, 0.1) is 18.9 Å². The number of amides is 1. The van der Waals surface area contributed by atoms with Crippen molar-refractivity contribution in [1.29, 1.82) is 0 Å². The zero-order valence-electron chi connectivity index (χ0n) is 12.4. The summed E-state index contributed by atoms with van der Waals surface area (Å²) in [5, 5.41) is 12.0. The number of carbonyl (C=O) groups excluding carboxylic acids is 2. The maximum Gasteiger partial charge on any atom is 0.328 e. The number of rotatable bonds is 5. The summed E-state index contributed by atoms with van der Waals surface area (Å²) >= 11 is 0. The fraction of sp³-hybridized carbons (Fsp3) is 0.667. The highest BCUT2D eigenvalue weighted by Gasteiger charge is 2.52. The summed E-state index contributed by atoms with van der Waals surface area (Å²) in [4.78, 5) is 35.6. The van der Waals surface area contributed by atoms with E-state index < -0.39 is 29.8 Å². The van der Waals surface area contributed by atoms with E-state index in [4.69, 9.17) is 0 Å². The summed E-state index contributed by atoms with van der Waals surface area (Å²) < 4.78 is 4.69. The van der Waals surface area contributed by atoms with Gasteiger partial charge in [-0.3, -0.25) is 9.59 Å². The molecule has 5 atom stereocenters. The molecule has 1 amide bonds. The van der Waals surface area contributed by atoms with Crippen LogP contribution in [0.2, 0.25) is 0 Å². The second kappa shape index (κ2) is 5.87. The Balaban J connectivity index is 2.14. The molecule has 0 aromatic rings. The minimum absolute atomic E-state index is 0.0541. The molecule has 1 saturated carbocycles. The van der Waals surface area contributed by atoms with E-state index in [0.717, 1.165) is 0 Å². The number of fused-ring (bicyclic) bond motifs is 2. The third-order valence-electron chi connectivity index (χ3n) is 4.47. The number of methoxy groups -OCH3 is 1. The normalized spacial score (nSPS) is 31.2. The molecule has 0 aromatic heterocycles. The second-order valence-corrected chi connectivity index (χ2v) is 6.09. The van der Waals surface area contributed by atoms with Crippen molar-refractivity contribution in [3.05, 3.63) is 12.2 Å². The van der Waals surface area contributed by atoms with Gasteiger partial charge >= 0.3 is 11.9 Å². The first-order valence-corrected chi connectivity index (χ1v) is 7.16. The summed E-state index contributed by atoms with van der Waals surface area (Å²) in [6.45, 7) is 3.61. The molecule has 0 aliphatic heterocycles. The average molecular weight is 295 g/mol. The summed E-state index contributed by atoms with van der Waals surface area (Å²) in [7, 11) is 1.27. The lowest BCUT2D eigenvalue weighted by atomic mass is 9.82. The first-order chi connectivity index (χ1) is 9.86. The van der Waals surface area contributed by atoms with E-state index in [9.17, 15) is 19.5 Å². The van der Waals surface area contributed by atoms with Crippen LogP contribution < -0.4 is 5.32 Å². The number of ether oxygens (including phenoxy) is 1. The van der Waals surface area contributed by atoms with E-state index in [1.807, 2.05) is 12.2 Å². The van der Waals surface area contributed by atoms with Crippen molar-refractivity contribution < 1.29 is 24.2 Å². The molecule has 2 rings (SSSR count). The van der Waals surface area contributed by atoms with Crippen LogP contribution >= 0.6 is 0 Å². The Bertz CT molecular complexity index is 484. The number of allylic oxidation sites excluding steroid dienone is 2. The van der Waals surface area contributed by atoms with Crippen molar-refractivity contribution >= 4 is 17.8 Å². The van der Waals surface area contributed by atoms with Crippen molar-refractivity contribution in [3.8, 4) is 0 Å². The quantitative estimate of drug-likeness (QED) is 0.579. The molecule has 0 aromatic carbocycles. The van der Waals surface area contributed by atoms with Crippen LogP contribution in [0.15, 0.2) is 12.2 Å². The van der Waals surface area contributed by atoms with E-state index in [1.165, 1.54) is 7.11 Å². The number of esters is 1. The topological polar surface area (TPSA) is 92.7 Å². The number of carboxylic acids is 1. The van der Waals surface area contributed by atoms with Gasteiger partial charge in [-0.25, -0.2) is 4.79 Å². The summed E-state index contributed by atoms with van der Waals surface area (Å²) in [6.07, 6.45) is 4.49. The van der Waals surface area contributed by atoms with Crippen LogP contribution in [0.1, 0.15) is 20.3 Å². The molecule has 1 fully saturated rings. The number of carbonyl (C=O) groups is 3. The van der Waals surface area contributed by atoms with Crippen molar-refractivity contribution in [2.24, 2.45) is 29.6 Å². The molecule has 21 heavy (non-hydrogen) atoms. The maximum absolute atomic E-state index is 12.5. The van der Waals surface area contributed by atoms with Crippen LogP contribution in [0.5, 0.6) is 0 Å². The van der Waals surface area contributed by atoms with Gasteiger partial charge in [0.2, 0.25) is 5.91 Å². The smallest absolute Gasteiger partial charge is 0.328 e. The molecule has 6 nitrogen and oxygen atoms in total. The van der Waals surface area contributed by atoms with Gasteiger partial charge in [0.25, 0.3) is 0 Å². The highest BCUT2D eigenvalue weighted by Crippen LogP contribution is 2.48. The number of carboxylic acid groups (broad SMARTS) is 1. The molecule has 0 heterocycles. The van der Waals surface area contributed by atoms with Gasteiger partial charge in [-0.05, 0) is 24.2 Å². The first-order valence-electron chi connectivity index (χ1n) is 7.16. The molecule has 0 saturated heterocycles. The van der Waals surface area contributed by atoms with Crippen LogP contribution in [-0.4, -0.2) is 36.1 Å². The SMILES string of the molecule is COC(=O)C(NC(=O)[C@H]1C2C=CC(C2)[C@H]1C(=O)O)C(C)C. The van der Waals surface area contributed by atoms with E-state index >= 15 is 0 Å². The average Bonchev–Trinajstić information content (AvgIpc) is 3.03. The largest absolute Gasteiger partial charge is 0.481 e. The minimum Gasteiger partial charge on any atom is -0.481 e. The van der Waals surface area contributed by atoms with E-state index in [1.54, 1.807) is 13.8 Å². The molecule has 0 spiro atoms. The Kier molecular flexibility index (Phi) is 4.34. The zero-order chi connectivity index (χ0) is 15.7. The Hall–Kier alpha value is -1.85. The van der Waals surface area contributed by atoms with Crippen LogP contribution in [0.3, 0.4) is 0 Å². The van der Waals surface area contributed by atoms with Gasteiger partial charge in [-0.1, -0.05) is 26.0 Å². The Morgan fingerprint density at radius 1 is 1.19 bits per heavy atom. The molecule has 3 unspecified atom stereocenters. The molecule has 2 bridgehead atoms. The lowest BCUT2D eigenvalue weighted by Crippen LogP contribution is -2.49. The zero-order valence-corrected chi connectivity index (χ0v) is 12.4. The van der Waals surface area contributed by atoms with Crippen LogP contribution in [0.25, 0.3) is 0 Å². The fourth-order valence-electron chi connectivity index (χ4n) is 3.39. The molecule has 2 aliphatic rings. The van der Waals surface area contributed by atoms with Gasteiger partial charge in [-0.2, -0.15) is 0 Å². The Morgan fingerprint density at radius 2 is 1.76 bits per heavy atom. The number of hydrogen-bond donors (Lipinski definition) is 2. The number of hydrogen-bond acceptors (Lipinski definition) is 4. The van der Waals surface area contributed by atoms with Crippen LogP contribution in [-0.2, 0) is 19.1 Å². The lowest BCUT2D eigenvalue weighted by molar-refractivity contribution is -0.150. The molecule has 0 radical (unpaired) electrons. The van der Waals surface area contributed by atoms with Gasteiger partial charge in [-0.15, -0.1) is 0 Å². The predicted molar refractivity (Wildman–Crippen MR) is 74.1 cm³/mol. The van der Waals surface area contributed by atoms with Crippen LogP contribution in [0, 0.1) is 29.6 Å². The second-order valence-electron chi connectivity index (χ2n) is 6.09. The fourth-order valence-corrected chi connectivity index (χ4v) is 3.39. The van der Waals surface area contributed by atoms with Crippen molar-refractivity contribution in [2.45, 2.75) is 26.3 Å². The van der Waals surface area contributed by atoms with Gasteiger partial charge in [0.1, 0.15) is 6.04 Å². The first kappa shape index (κ1) is 15.5. The number of nitrogens with one attached hydrogen (secondary N) is 1. The molecular formula is C15H21NO5. The third kappa shape index (κ3) is 2.80. The molecule has 2 N–H and O–H groups in total. The standard InChI is InChI=1S/C15H21NO5/c1-7(2)12(15(20)21-3)16-13(17)10-8-4-5-9(6-8)11(10)14(18)19/h4-5,7-12H,6H2,1-3H3,(H,16,17)(H,18,19)/t8?,9?,10-,11+,12?/m0/s1. The monoisotopic (exact) mass is 295 g/mol. The summed E-state index contributed by atoms with van der Waals surface area (Å²) in [5.41, 5.74) is 0. The van der Waals surface area contributed by atoms with E-state index in [0.29, 0.717) is 6.42 Å². The summed E-state index contributed by atoms with van der Waals surface area (Å²) in [6, 6.07) is -0.750. The lowest BCUT2D eigenvalue weighted by Gasteiger charge is -2.27. The molecule has 2 aliphatic carbocycles. The highest BCUT2D eigenvalue weighted by molar-refractivity contribution is 5.90. The molecule has 116 valence electrons. The Labute approximate surface area is 123 Å². The highest BCUT2D eigenvalue weighted by atomic mass is 16.5. The van der Waals surface area contributed by atoms with E-state index in [-0.39, 0.29) is 23.7 Å². The summed E-state index contributed by atoms with van der Waals surface area (Å²) in [5.74, 6) is -3.41. The van der Waals surface area contributed by atoms with Crippen molar-refractivity contribution in [2.75, 3.05) is 7.11 Å². The predicted octanol–water partition coefficient (Wildman–Crippen LogP) is 0.823. The van der Waals surface area contributed by atoms with Crippen molar-refractivity contribution in [1.82, 2.24) is 5.32 Å². The molecular weight excluding hydrogens is 274 g/mol. The molecule has 6 heteroatoms. The third-order valence-corrected chi connectivity index (χ3v) is 4.47.